The van der Waals surface area contributed by atoms with E-state index in [1.54, 1.807) is 21.3 Å². The Morgan fingerprint density at radius 3 is 2.41 bits per heavy atom. The zero-order valence-corrected chi connectivity index (χ0v) is 22.7. The molecule has 5 rings (SSSR count). The molecule has 0 saturated heterocycles. The van der Waals surface area contributed by atoms with Crippen molar-refractivity contribution in [2.45, 2.75) is 44.4 Å². The predicted molar refractivity (Wildman–Crippen MR) is 146 cm³/mol. The molecule has 2 amide bonds. The molecule has 0 aliphatic heterocycles. The summed E-state index contributed by atoms with van der Waals surface area (Å²) in [5, 5.41) is 5.16. The maximum absolute atomic E-state index is 13.7. The number of imidazole rings is 1. The molecule has 9 nitrogen and oxygen atoms in total. The smallest absolute Gasteiger partial charge is 0.354 e. The second kappa shape index (κ2) is 11.4. The summed E-state index contributed by atoms with van der Waals surface area (Å²) >= 11 is 5.81. The number of pyridine rings is 2. The van der Waals surface area contributed by atoms with Crippen LogP contribution in [0.15, 0.2) is 59.7 Å². The van der Waals surface area contributed by atoms with E-state index in [1.165, 1.54) is 13.2 Å². The van der Waals surface area contributed by atoms with Crippen molar-refractivity contribution < 1.29 is 22.8 Å². The van der Waals surface area contributed by atoms with E-state index in [2.05, 4.69) is 20.6 Å². The van der Waals surface area contributed by atoms with Gasteiger partial charge in [0.1, 0.15) is 5.69 Å². The third kappa shape index (κ3) is 5.83. The molecule has 2 N–H and O–H groups in total. The minimum Gasteiger partial charge on any atom is -0.354 e. The molecule has 3 heterocycles. The van der Waals surface area contributed by atoms with Gasteiger partial charge in [0.25, 0.3) is 11.8 Å². The maximum atomic E-state index is 13.7. The van der Waals surface area contributed by atoms with Gasteiger partial charge in [0.15, 0.2) is 5.69 Å². The number of carbonyl (C=O) groups excluding carboxylic acids is 2. The lowest BCUT2D eigenvalue weighted by atomic mass is 9.85. The molecule has 1 saturated carbocycles. The van der Waals surface area contributed by atoms with Crippen molar-refractivity contribution in [2.24, 2.45) is 5.92 Å². The average molecular weight is 587 g/mol. The van der Waals surface area contributed by atoms with Crippen LogP contribution < -0.4 is 16.3 Å². The number of carbonyl (C=O) groups is 2. The van der Waals surface area contributed by atoms with Crippen LogP contribution in [0.5, 0.6) is 0 Å². The Labute approximate surface area is 237 Å². The van der Waals surface area contributed by atoms with E-state index in [9.17, 15) is 27.6 Å². The van der Waals surface area contributed by atoms with Crippen LogP contribution in [0.25, 0.3) is 16.7 Å². The Balaban J connectivity index is 1.32. The molecule has 4 aromatic rings. The summed E-state index contributed by atoms with van der Waals surface area (Å²) in [5.74, 6) is -1.13. The van der Waals surface area contributed by atoms with E-state index < -0.39 is 23.3 Å². The van der Waals surface area contributed by atoms with E-state index in [0.29, 0.717) is 43.4 Å². The van der Waals surface area contributed by atoms with Crippen LogP contribution in [0.2, 0.25) is 5.02 Å². The van der Waals surface area contributed by atoms with E-state index in [0.717, 1.165) is 17.8 Å². The summed E-state index contributed by atoms with van der Waals surface area (Å²) in [6, 6.07) is 11.2. The van der Waals surface area contributed by atoms with Gasteiger partial charge in [-0.25, -0.2) is 9.78 Å². The number of alkyl halides is 3. The highest BCUT2D eigenvalue weighted by Gasteiger charge is 2.38. The molecule has 1 aliphatic rings. The van der Waals surface area contributed by atoms with Crippen LogP contribution in [-0.4, -0.2) is 44.0 Å². The lowest BCUT2D eigenvalue weighted by Gasteiger charge is -2.29. The largest absolute Gasteiger partial charge is 0.434 e. The maximum Gasteiger partial charge on any atom is 0.434 e. The van der Waals surface area contributed by atoms with Crippen molar-refractivity contribution in [3.63, 3.8) is 0 Å². The van der Waals surface area contributed by atoms with Crippen LogP contribution >= 0.6 is 11.6 Å². The molecule has 0 atom stereocenters. The summed E-state index contributed by atoms with van der Waals surface area (Å²) in [5.41, 5.74) is -0.0299. The molecule has 214 valence electrons. The predicted octanol–water partition coefficient (Wildman–Crippen LogP) is 4.60. The highest BCUT2D eigenvalue weighted by Crippen LogP contribution is 2.32. The van der Waals surface area contributed by atoms with E-state index >= 15 is 0 Å². The lowest BCUT2D eigenvalue weighted by Crippen LogP contribution is -2.39. The lowest BCUT2D eigenvalue weighted by molar-refractivity contribution is -0.141. The molecule has 0 unspecified atom stereocenters. The highest BCUT2D eigenvalue weighted by atomic mass is 35.5. The fraction of sp³-hybridized carbons (Fsp3) is 0.321. The molecule has 0 radical (unpaired) electrons. The van der Waals surface area contributed by atoms with Gasteiger partial charge in [-0.05, 0) is 61.9 Å². The molecule has 0 spiro atoms. The van der Waals surface area contributed by atoms with Gasteiger partial charge in [-0.1, -0.05) is 23.7 Å². The van der Waals surface area contributed by atoms with Crippen LogP contribution in [0.3, 0.4) is 0 Å². The first kappa shape index (κ1) is 28.3. The van der Waals surface area contributed by atoms with Crippen LogP contribution in [0.1, 0.15) is 52.2 Å². The molecule has 1 fully saturated rings. The van der Waals surface area contributed by atoms with Crippen LogP contribution in [0, 0.1) is 5.92 Å². The fourth-order valence-electron chi connectivity index (χ4n) is 5.29. The van der Waals surface area contributed by atoms with E-state index in [-0.39, 0.29) is 34.3 Å². The Morgan fingerprint density at radius 1 is 1.02 bits per heavy atom. The fourth-order valence-corrected chi connectivity index (χ4v) is 5.45. The van der Waals surface area contributed by atoms with Crippen molar-refractivity contribution in [3.8, 4) is 5.69 Å². The van der Waals surface area contributed by atoms with Gasteiger partial charge in [-0.3, -0.25) is 23.7 Å². The summed E-state index contributed by atoms with van der Waals surface area (Å²) in [4.78, 5) is 45.9. The standard InChI is InChI=1S/C28H26ClF3N6O3/c1-33-26(40)21-13-19(10-11-34-21)38-23-5-3-2-4-22(23)37(27(38)41)15-16-6-8-18(9-7-16)36-25(39)20-12-17(29)14-35-24(20)28(30,31)32/h2-5,10-14,16,18H,6-9,15H2,1H3,(H,33,40)(H,36,39)/t16-,18-. The van der Waals surface area contributed by atoms with Crippen molar-refractivity contribution in [2.75, 3.05) is 7.05 Å². The van der Waals surface area contributed by atoms with Gasteiger partial charge in [0, 0.05) is 32.0 Å². The Morgan fingerprint density at radius 2 is 1.73 bits per heavy atom. The minimum absolute atomic E-state index is 0.0620. The van der Waals surface area contributed by atoms with Crippen LogP contribution in [0.4, 0.5) is 13.2 Å². The van der Waals surface area contributed by atoms with Gasteiger partial charge in [0.05, 0.1) is 27.3 Å². The molecule has 3 aromatic heterocycles. The number of nitrogens with one attached hydrogen (secondary N) is 2. The Bertz CT molecular complexity index is 1670. The molecule has 13 heteroatoms. The number of hydrogen-bond donors (Lipinski definition) is 2. The quantitative estimate of drug-likeness (QED) is 0.343. The first-order valence-electron chi connectivity index (χ1n) is 13.0. The third-order valence-electron chi connectivity index (χ3n) is 7.29. The summed E-state index contributed by atoms with van der Waals surface area (Å²) in [6.45, 7) is 0.427. The second-order valence-corrected chi connectivity index (χ2v) is 10.4. The summed E-state index contributed by atoms with van der Waals surface area (Å²) < 4.78 is 43.3. The number of fused-ring (bicyclic) bond motifs is 1. The van der Waals surface area contributed by atoms with E-state index in [1.807, 2.05) is 24.3 Å². The number of aromatic nitrogens is 4. The van der Waals surface area contributed by atoms with E-state index in [4.69, 9.17) is 11.6 Å². The van der Waals surface area contributed by atoms with Gasteiger partial charge >= 0.3 is 11.9 Å². The third-order valence-corrected chi connectivity index (χ3v) is 7.49. The van der Waals surface area contributed by atoms with Crippen molar-refractivity contribution in [1.29, 1.82) is 0 Å². The Kier molecular flexibility index (Phi) is 7.85. The van der Waals surface area contributed by atoms with Gasteiger partial charge in [0.2, 0.25) is 0 Å². The monoisotopic (exact) mass is 586 g/mol. The van der Waals surface area contributed by atoms with Crippen molar-refractivity contribution in [1.82, 2.24) is 29.7 Å². The Hall–Kier alpha value is -4.19. The average Bonchev–Trinajstić information content (AvgIpc) is 3.23. The first-order valence-corrected chi connectivity index (χ1v) is 13.4. The van der Waals surface area contributed by atoms with Crippen molar-refractivity contribution in [3.05, 3.63) is 87.3 Å². The summed E-state index contributed by atoms with van der Waals surface area (Å²) in [7, 11) is 1.50. The number of hydrogen-bond acceptors (Lipinski definition) is 5. The molecule has 0 bridgehead atoms. The zero-order valence-electron chi connectivity index (χ0n) is 21.9. The number of benzene rings is 1. The van der Waals surface area contributed by atoms with Gasteiger partial charge in [-0.15, -0.1) is 0 Å². The first-order chi connectivity index (χ1) is 19.6. The second-order valence-electron chi connectivity index (χ2n) is 9.93. The molecular formula is C28H26ClF3N6O3. The highest BCUT2D eigenvalue weighted by molar-refractivity contribution is 6.30. The summed E-state index contributed by atoms with van der Waals surface area (Å²) in [6.07, 6.45) is -0.0503. The number of para-hydroxylation sites is 2. The number of rotatable bonds is 6. The normalized spacial score (nSPS) is 17.4. The molecule has 41 heavy (non-hydrogen) atoms. The topological polar surface area (TPSA) is 111 Å². The molecule has 1 aliphatic carbocycles. The SMILES string of the molecule is CNC(=O)c1cc(-n2c(=O)n(C[C@H]3CC[C@H](NC(=O)c4cc(Cl)cnc4C(F)(F)F)CC3)c3ccccc32)ccn1. The number of amides is 2. The van der Waals surface area contributed by atoms with Gasteiger partial charge < -0.3 is 10.6 Å². The molecule has 1 aromatic carbocycles. The minimum atomic E-state index is -4.79. The number of halogens is 4. The van der Waals surface area contributed by atoms with Gasteiger partial charge in [-0.2, -0.15) is 13.2 Å². The van der Waals surface area contributed by atoms with Crippen LogP contribution in [-0.2, 0) is 12.7 Å². The number of nitrogens with zero attached hydrogens (tertiary/aromatic N) is 4. The zero-order chi connectivity index (χ0) is 29.3. The molecular weight excluding hydrogens is 561 g/mol. The van der Waals surface area contributed by atoms with Crippen molar-refractivity contribution >= 4 is 34.4 Å².